The number of aryl methyl sites for hydroxylation is 1. The van der Waals surface area contributed by atoms with Crippen molar-refractivity contribution in [2.75, 3.05) is 0 Å². The van der Waals surface area contributed by atoms with E-state index >= 15 is 0 Å². The number of pyridine rings is 1. The molecule has 0 aliphatic heterocycles. The van der Waals surface area contributed by atoms with Gasteiger partial charge in [-0.3, -0.25) is 9.36 Å². The third-order valence-electron chi connectivity index (χ3n) is 3.06. The number of benzene rings is 2. The normalized spacial score (nSPS) is 10.7. The molecule has 0 saturated carbocycles. The fourth-order valence-corrected chi connectivity index (χ4v) is 2.21. The lowest BCUT2D eigenvalue weighted by atomic mass is 10.1. The molecular formula is C16H13NO. The number of nitrogens with zero attached hydrogens (tertiary/aromatic N) is 1. The molecule has 0 fully saturated rings. The number of rotatable bonds is 1. The third-order valence-corrected chi connectivity index (χ3v) is 3.06. The van der Waals surface area contributed by atoms with Crippen LogP contribution in [0.25, 0.3) is 16.6 Å². The van der Waals surface area contributed by atoms with Gasteiger partial charge in [0.1, 0.15) is 0 Å². The van der Waals surface area contributed by atoms with E-state index in [0.717, 1.165) is 16.6 Å². The zero-order chi connectivity index (χ0) is 12.5. The first-order valence-corrected chi connectivity index (χ1v) is 5.93. The first kappa shape index (κ1) is 10.8. The summed E-state index contributed by atoms with van der Waals surface area (Å²) in [5, 5.41) is 1.08. The lowest BCUT2D eigenvalue weighted by molar-refractivity contribution is 1.04. The van der Waals surface area contributed by atoms with Crippen LogP contribution in [0.2, 0.25) is 0 Å². The monoisotopic (exact) mass is 235 g/mol. The molecule has 2 aromatic carbocycles. The lowest BCUT2D eigenvalue weighted by Gasteiger charge is -2.10. The second-order valence-electron chi connectivity index (χ2n) is 4.40. The van der Waals surface area contributed by atoms with Crippen LogP contribution in [-0.2, 0) is 0 Å². The van der Waals surface area contributed by atoms with Crippen molar-refractivity contribution in [3.63, 3.8) is 0 Å². The minimum Gasteiger partial charge on any atom is -0.277 e. The largest absolute Gasteiger partial charge is 0.277 e. The number of para-hydroxylation sites is 1. The van der Waals surface area contributed by atoms with Gasteiger partial charge in [0.2, 0.25) is 0 Å². The second kappa shape index (κ2) is 4.15. The molecule has 0 atom stereocenters. The van der Waals surface area contributed by atoms with E-state index in [4.69, 9.17) is 0 Å². The zero-order valence-electron chi connectivity index (χ0n) is 10.1. The van der Waals surface area contributed by atoms with Gasteiger partial charge in [-0.05, 0) is 42.6 Å². The average molecular weight is 235 g/mol. The van der Waals surface area contributed by atoms with E-state index in [0.29, 0.717) is 0 Å². The highest BCUT2D eigenvalue weighted by molar-refractivity contribution is 5.81. The summed E-state index contributed by atoms with van der Waals surface area (Å²) in [6.45, 7) is 2.05. The second-order valence-corrected chi connectivity index (χ2v) is 4.40. The van der Waals surface area contributed by atoms with Crippen molar-refractivity contribution >= 4 is 10.9 Å². The van der Waals surface area contributed by atoms with E-state index in [2.05, 4.69) is 13.0 Å². The van der Waals surface area contributed by atoms with Crippen LogP contribution in [0.4, 0.5) is 0 Å². The maximum atomic E-state index is 12.1. The summed E-state index contributed by atoms with van der Waals surface area (Å²) in [5.74, 6) is 0. The van der Waals surface area contributed by atoms with E-state index in [-0.39, 0.29) is 5.56 Å². The summed E-state index contributed by atoms with van der Waals surface area (Å²) >= 11 is 0. The third kappa shape index (κ3) is 1.72. The molecule has 18 heavy (non-hydrogen) atoms. The first-order valence-electron chi connectivity index (χ1n) is 5.93. The minimum absolute atomic E-state index is 0.00227. The van der Waals surface area contributed by atoms with Gasteiger partial charge in [0.15, 0.2) is 0 Å². The number of aromatic nitrogens is 1. The fraction of sp³-hybridized carbons (Fsp3) is 0.0625. The predicted molar refractivity (Wildman–Crippen MR) is 74.3 cm³/mol. The standard InChI is InChI=1S/C16H13NO/c1-12-7-9-15-13(11-12)8-10-16(18)17(15)14-5-3-2-4-6-14/h2-11H,1H3. The molecule has 1 aromatic heterocycles. The number of hydrogen-bond donors (Lipinski definition) is 0. The molecule has 3 aromatic rings. The van der Waals surface area contributed by atoms with Gasteiger partial charge in [-0.2, -0.15) is 0 Å². The van der Waals surface area contributed by atoms with Gasteiger partial charge >= 0.3 is 0 Å². The van der Waals surface area contributed by atoms with E-state index in [9.17, 15) is 4.79 Å². The molecule has 0 amide bonds. The fourth-order valence-electron chi connectivity index (χ4n) is 2.21. The molecule has 0 N–H and O–H groups in total. The van der Waals surface area contributed by atoms with Crippen LogP contribution in [0.5, 0.6) is 0 Å². The van der Waals surface area contributed by atoms with Gasteiger partial charge in [0.05, 0.1) is 5.52 Å². The Bertz CT molecular complexity index is 757. The maximum absolute atomic E-state index is 12.1. The Kier molecular flexibility index (Phi) is 2.49. The van der Waals surface area contributed by atoms with Gasteiger partial charge < -0.3 is 0 Å². The molecule has 0 aliphatic rings. The molecule has 2 nitrogen and oxygen atoms in total. The van der Waals surface area contributed by atoms with Crippen molar-refractivity contribution in [2.24, 2.45) is 0 Å². The van der Waals surface area contributed by atoms with E-state index < -0.39 is 0 Å². The molecular weight excluding hydrogens is 222 g/mol. The lowest BCUT2D eigenvalue weighted by Crippen LogP contribution is -2.17. The minimum atomic E-state index is -0.00227. The van der Waals surface area contributed by atoms with Crippen LogP contribution in [0.15, 0.2) is 65.5 Å². The molecule has 0 aliphatic carbocycles. The van der Waals surface area contributed by atoms with Crippen molar-refractivity contribution < 1.29 is 0 Å². The average Bonchev–Trinajstić information content (AvgIpc) is 2.40. The quantitative estimate of drug-likeness (QED) is 0.634. The van der Waals surface area contributed by atoms with Gasteiger partial charge in [-0.25, -0.2) is 0 Å². The summed E-state index contributed by atoms with van der Waals surface area (Å²) in [6.07, 6.45) is 0. The smallest absolute Gasteiger partial charge is 0.255 e. The van der Waals surface area contributed by atoms with Crippen LogP contribution in [0, 0.1) is 6.92 Å². The highest BCUT2D eigenvalue weighted by Crippen LogP contribution is 2.17. The topological polar surface area (TPSA) is 22.0 Å². The molecule has 0 bridgehead atoms. The Morgan fingerprint density at radius 1 is 0.889 bits per heavy atom. The van der Waals surface area contributed by atoms with Crippen molar-refractivity contribution in [1.82, 2.24) is 4.57 Å². The van der Waals surface area contributed by atoms with Gasteiger partial charge in [-0.15, -0.1) is 0 Å². The van der Waals surface area contributed by atoms with Crippen LogP contribution < -0.4 is 5.56 Å². The molecule has 0 radical (unpaired) electrons. The Hall–Kier alpha value is -2.35. The molecule has 0 saturated heterocycles. The summed E-state index contributed by atoms with van der Waals surface area (Å²) in [7, 11) is 0. The summed E-state index contributed by atoms with van der Waals surface area (Å²) in [6, 6.07) is 19.3. The van der Waals surface area contributed by atoms with Crippen LogP contribution >= 0.6 is 0 Å². The molecule has 3 rings (SSSR count). The molecule has 1 heterocycles. The van der Waals surface area contributed by atoms with Gasteiger partial charge in [0.25, 0.3) is 5.56 Å². The van der Waals surface area contributed by atoms with E-state index in [1.165, 1.54) is 5.56 Å². The summed E-state index contributed by atoms with van der Waals surface area (Å²) < 4.78 is 1.74. The Morgan fingerprint density at radius 3 is 2.44 bits per heavy atom. The van der Waals surface area contributed by atoms with Crippen LogP contribution in [0.1, 0.15) is 5.56 Å². The first-order chi connectivity index (χ1) is 8.75. The molecule has 0 unspecified atom stereocenters. The Labute approximate surface area is 105 Å². The van der Waals surface area contributed by atoms with Gasteiger partial charge in [0, 0.05) is 11.8 Å². The number of hydrogen-bond acceptors (Lipinski definition) is 1. The van der Waals surface area contributed by atoms with Crippen LogP contribution in [-0.4, -0.2) is 4.57 Å². The van der Waals surface area contributed by atoms with Crippen molar-refractivity contribution in [3.8, 4) is 5.69 Å². The van der Waals surface area contributed by atoms with E-state index in [1.54, 1.807) is 10.6 Å². The highest BCUT2D eigenvalue weighted by Gasteiger charge is 2.04. The van der Waals surface area contributed by atoms with Crippen molar-refractivity contribution in [2.45, 2.75) is 6.92 Å². The van der Waals surface area contributed by atoms with Gasteiger partial charge in [-0.1, -0.05) is 29.8 Å². The van der Waals surface area contributed by atoms with E-state index in [1.807, 2.05) is 48.5 Å². The van der Waals surface area contributed by atoms with Crippen molar-refractivity contribution in [3.05, 3.63) is 76.6 Å². The Morgan fingerprint density at radius 2 is 1.67 bits per heavy atom. The molecule has 88 valence electrons. The maximum Gasteiger partial charge on any atom is 0.255 e. The SMILES string of the molecule is Cc1ccc2c(ccc(=O)n2-c2ccccc2)c1. The molecule has 2 heteroatoms. The number of fused-ring (bicyclic) bond motifs is 1. The predicted octanol–water partition coefficient (Wildman–Crippen LogP) is 3.30. The Balaban J connectivity index is 2.41. The van der Waals surface area contributed by atoms with Crippen LogP contribution in [0.3, 0.4) is 0 Å². The summed E-state index contributed by atoms with van der Waals surface area (Å²) in [4.78, 5) is 12.1. The highest BCUT2D eigenvalue weighted by atomic mass is 16.1. The molecule has 0 spiro atoms. The summed E-state index contributed by atoms with van der Waals surface area (Å²) in [5.41, 5.74) is 3.04. The zero-order valence-corrected chi connectivity index (χ0v) is 10.1. The van der Waals surface area contributed by atoms with Crippen molar-refractivity contribution in [1.29, 1.82) is 0 Å².